The van der Waals surface area contributed by atoms with E-state index in [1.165, 1.54) is 30.2 Å². The molecule has 0 aliphatic carbocycles. The fraction of sp³-hybridized carbons (Fsp3) is 0.0526. The molecule has 0 fully saturated rings. The maximum absolute atomic E-state index is 12.1. The number of benzene rings is 2. The van der Waals surface area contributed by atoms with Crippen LogP contribution in [0.3, 0.4) is 0 Å². The molecule has 0 bridgehead atoms. The van der Waals surface area contributed by atoms with E-state index in [0.717, 1.165) is 11.3 Å². The molecular weight excluding hydrogens is 350 g/mol. The van der Waals surface area contributed by atoms with Crippen LogP contribution in [0.25, 0.3) is 11.3 Å². The summed E-state index contributed by atoms with van der Waals surface area (Å²) in [4.78, 5) is 31.3. The van der Waals surface area contributed by atoms with Crippen molar-refractivity contribution < 1.29 is 14.7 Å². The van der Waals surface area contributed by atoms with Crippen LogP contribution in [0.15, 0.2) is 72.0 Å². The Kier molecular flexibility index (Phi) is 5.60. The smallest absolute Gasteiger partial charge is 0.335 e. The van der Waals surface area contributed by atoms with E-state index in [-0.39, 0.29) is 17.2 Å². The van der Waals surface area contributed by atoms with E-state index >= 15 is 0 Å². The summed E-state index contributed by atoms with van der Waals surface area (Å²) in [7, 11) is 0. The van der Waals surface area contributed by atoms with Crippen molar-refractivity contribution in [2.24, 2.45) is 0 Å². The number of carbonyl (C=O) groups excluding carboxylic acids is 1. The molecule has 1 aromatic heterocycles. The first-order valence-corrected chi connectivity index (χ1v) is 8.74. The Morgan fingerprint density at radius 2 is 1.73 bits per heavy atom. The van der Waals surface area contributed by atoms with E-state index in [2.05, 4.69) is 15.3 Å². The second-order valence-corrected chi connectivity index (χ2v) is 6.32. The number of hydrogen-bond acceptors (Lipinski definition) is 5. The van der Waals surface area contributed by atoms with Gasteiger partial charge in [0.15, 0.2) is 0 Å². The number of nitrogens with zero attached hydrogens (tertiary/aromatic N) is 2. The topological polar surface area (TPSA) is 92.2 Å². The summed E-state index contributed by atoms with van der Waals surface area (Å²) in [5.74, 6) is -1.01. The van der Waals surface area contributed by atoms with Crippen LogP contribution < -0.4 is 5.32 Å². The minimum Gasteiger partial charge on any atom is -0.478 e. The van der Waals surface area contributed by atoms with Gasteiger partial charge in [-0.05, 0) is 30.3 Å². The van der Waals surface area contributed by atoms with E-state index in [0.29, 0.717) is 10.7 Å². The second kappa shape index (κ2) is 8.26. The third-order valence-electron chi connectivity index (χ3n) is 3.48. The maximum Gasteiger partial charge on any atom is 0.335 e. The highest BCUT2D eigenvalue weighted by molar-refractivity contribution is 7.99. The van der Waals surface area contributed by atoms with Crippen LogP contribution in [0.5, 0.6) is 0 Å². The lowest BCUT2D eigenvalue weighted by Gasteiger charge is -2.06. The SMILES string of the molecule is O=C(CSc1cc(-c2ccccc2)ncn1)Nc1ccc(C(=O)O)cc1. The fourth-order valence-electron chi connectivity index (χ4n) is 2.22. The number of amides is 1. The van der Waals surface area contributed by atoms with Gasteiger partial charge in [0.25, 0.3) is 0 Å². The van der Waals surface area contributed by atoms with E-state index in [1.807, 2.05) is 36.4 Å². The predicted octanol–water partition coefficient (Wildman–Crippen LogP) is 3.57. The van der Waals surface area contributed by atoms with Crippen molar-refractivity contribution in [3.63, 3.8) is 0 Å². The average molecular weight is 365 g/mol. The van der Waals surface area contributed by atoms with E-state index < -0.39 is 5.97 Å². The number of hydrogen-bond donors (Lipinski definition) is 2. The zero-order chi connectivity index (χ0) is 18.4. The minimum atomic E-state index is -1.00. The van der Waals surface area contributed by atoms with Crippen LogP contribution in [0.1, 0.15) is 10.4 Å². The molecule has 2 N–H and O–H groups in total. The van der Waals surface area contributed by atoms with Crippen LogP contribution in [0.4, 0.5) is 5.69 Å². The van der Waals surface area contributed by atoms with Gasteiger partial charge >= 0.3 is 5.97 Å². The molecule has 0 spiro atoms. The first-order valence-electron chi connectivity index (χ1n) is 7.75. The highest BCUT2D eigenvalue weighted by Crippen LogP contribution is 2.22. The molecule has 1 amide bonds. The molecule has 130 valence electrons. The molecule has 0 radical (unpaired) electrons. The van der Waals surface area contributed by atoms with Crippen molar-refractivity contribution in [2.45, 2.75) is 5.03 Å². The normalized spacial score (nSPS) is 10.3. The summed E-state index contributed by atoms with van der Waals surface area (Å²) in [5, 5.41) is 12.3. The van der Waals surface area contributed by atoms with Gasteiger partial charge in [-0.25, -0.2) is 14.8 Å². The van der Waals surface area contributed by atoms with Crippen LogP contribution in [-0.4, -0.2) is 32.7 Å². The third-order valence-corrected chi connectivity index (χ3v) is 4.40. The second-order valence-electron chi connectivity index (χ2n) is 5.33. The van der Waals surface area contributed by atoms with Crippen LogP contribution in [0, 0.1) is 0 Å². The van der Waals surface area contributed by atoms with Gasteiger partial charge < -0.3 is 10.4 Å². The lowest BCUT2D eigenvalue weighted by atomic mass is 10.1. The Hall–Kier alpha value is -3.19. The first-order chi connectivity index (χ1) is 12.6. The van der Waals surface area contributed by atoms with Crippen molar-refractivity contribution in [2.75, 3.05) is 11.1 Å². The van der Waals surface area contributed by atoms with Gasteiger partial charge in [0, 0.05) is 11.3 Å². The number of thioether (sulfide) groups is 1. The fourth-order valence-corrected chi connectivity index (χ4v) is 2.89. The molecule has 2 aromatic carbocycles. The van der Waals surface area contributed by atoms with Gasteiger partial charge in [0.1, 0.15) is 11.4 Å². The first kappa shape index (κ1) is 17.6. The molecule has 3 rings (SSSR count). The van der Waals surface area contributed by atoms with Gasteiger partial charge in [0.2, 0.25) is 5.91 Å². The van der Waals surface area contributed by atoms with Crippen LogP contribution in [-0.2, 0) is 4.79 Å². The molecule has 0 saturated carbocycles. The Labute approximate surface area is 154 Å². The summed E-state index contributed by atoms with van der Waals surface area (Å²) in [6, 6.07) is 17.6. The minimum absolute atomic E-state index is 0.173. The number of rotatable bonds is 6. The molecule has 26 heavy (non-hydrogen) atoms. The standard InChI is InChI=1S/C19H15N3O3S/c23-17(22-15-8-6-14(7-9-15)19(24)25)11-26-18-10-16(20-12-21-18)13-4-2-1-3-5-13/h1-10,12H,11H2,(H,22,23)(H,24,25). The van der Waals surface area contributed by atoms with Crippen molar-refractivity contribution in [3.8, 4) is 11.3 Å². The molecule has 1 heterocycles. The van der Waals surface area contributed by atoms with Crippen molar-refractivity contribution in [3.05, 3.63) is 72.6 Å². The zero-order valence-electron chi connectivity index (χ0n) is 13.6. The molecule has 7 heteroatoms. The van der Waals surface area contributed by atoms with Crippen molar-refractivity contribution >= 4 is 29.3 Å². The lowest BCUT2D eigenvalue weighted by Crippen LogP contribution is -2.14. The number of carboxylic acid groups (broad SMARTS) is 1. The maximum atomic E-state index is 12.1. The van der Waals surface area contributed by atoms with Gasteiger partial charge in [0.05, 0.1) is 17.0 Å². The largest absolute Gasteiger partial charge is 0.478 e. The van der Waals surface area contributed by atoms with Gasteiger partial charge in [-0.15, -0.1) is 0 Å². The summed E-state index contributed by atoms with van der Waals surface area (Å²) in [6.45, 7) is 0. The van der Waals surface area contributed by atoms with Gasteiger partial charge in [-0.1, -0.05) is 42.1 Å². The van der Waals surface area contributed by atoms with E-state index in [9.17, 15) is 9.59 Å². The molecule has 0 atom stereocenters. The Bertz CT molecular complexity index is 915. The Balaban J connectivity index is 1.58. The number of carboxylic acids is 1. The predicted molar refractivity (Wildman–Crippen MR) is 100 cm³/mol. The highest BCUT2D eigenvalue weighted by Gasteiger charge is 2.08. The Morgan fingerprint density at radius 3 is 2.42 bits per heavy atom. The summed E-state index contributed by atoms with van der Waals surface area (Å²) in [5.41, 5.74) is 2.51. The summed E-state index contributed by atoms with van der Waals surface area (Å²) >= 11 is 1.31. The number of aromatic carboxylic acids is 1. The molecule has 6 nitrogen and oxygen atoms in total. The molecule has 0 unspecified atom stereocenters. The molecular formula is C19H15N3O3S. The van der Waals surface area contributed by atoms with Crippen LogP contribution in [0.2, 0.25) is 0 Å². The number of aromatic nitrogens is 2. The van der Waals surface area contributed by atoms with E-state index in [1.54, 1.807) is 12.1 Å². The number of nitrogens with one attached hydrogen (secondary N) is 1. The molecule has 3 aromatic rings. The summed E-state index contributed by atoms with van der Waals surface area (Å²) in [6.07, 6.45) is 1.48. The zero-order valence-corrected chi connectivity index (χ0v) is 14.4. The quantitative estimate of drug-likeness (QED) is 0.512. The van der Waals surface area contributed by atoms with Gasteiger partial charge in [-0.2, -0.15) is 0 Å². The average Bonchev–Trinajstić information content (AvgIpc) is 2.68. The molecule has 0 aliphatic heterocycles. The molecule has 0 saturated heterocycles. The van der Waals surface area contributed by atoms with Crippen LogP contribution >= 0.6 is 11.8 Å². The monoisotopic (exact) mass is 365 g/mol. The lowest BCUT2D eigenvalue weighted by molar-refractivity contribution is -0.113. The van der Waals surface area contributed by atoms with Crippen molar-refractivity contribution in [1.29, 1.82) is 0 Å². The van der Waals surface area contributed by atoms with Gasteiger partial charge in [-0.3, -0.25) is 4.79 Å². The third kappa shape index (κ3) is 4.67. The number of carbonyl (C=O) groups is 2. The Morgan fingerprint density at radius 1 is 1.00 bits per heavy atom. The van der Waals surface area contributed by atoms with Crippen molar-refractivity contribution in [1.82, 2.24) is 9.97 Å². The summed E-state index contributed by atoms with van der Waals surface area (Å²) < 4.78 is 0. The highest BCUT2D eigenvalue weighted by atomic mass is 32.2. The number of anilines is 1. The molecule has 0 aliphatic rings. The van der Waals surface area contributed by atoms with E-state index in [4.69, 9.17) is 5.11 Å².